The van der Waals surface area contributed by atoms with Crippen LogP contribution in [0.2, 0.25) is 0 Å². The summed E-state index contributed by atoms with van der Waals surface area (Å²) in [7, 11) is 0. The summed E-state index contributed by atoms with van der Waals surface area (Å²) in [5.41, 5.74) is 23.3. The first-order valence-electron chi connectivity index (χ1n) is 26.7. The van der Waals surface area contributed by atoms with Gasteiger partial charge in [-0.05, 0) is 153 Å². The largest absolute Gasteiger partial charge is 0.172 e. The lowest BCUT2D eigenvalue weighted by Gasteiger charge is -2.13. The predicted octanol–water partition coefficient (Wildman–Crippen LogP) is 21.2. The van der Waals surface area contributed by atoms with E-state index >= 15 is 0 Å². The molecule has 0 radical (unpaired) electrons. The third-order valence-electron chi connectivity index (χ3n) is 15.4. The summed E-state index contributed by atoms with van der Waals surface area (Å²) in [6, 6.07) is 59.4. The van der Waals surface area contributed by atoms with Crippen LogP contribution in [0.3, 0.4) is 0 Å². The van der Waals surface area contributed by atoms with Gasteiger partial charge in [-0.1, -0.05) is 149 Å². The minimum atomic E-state index is 0.957. The lowest BCUT2D eigenvalue weighted by molar-refractivity contribution is 0.670. The zero-order valence-electron chi connectivity index (χ0n) is 42.3. The standard InChI is InChI=1S/C66H52N4S6/c1-3-5-7-9-15-41-23-31-57(71-41)59-35-33-55(73-59)51-29-27-43(63-65(51)69-75-67-63)39-21-25-49-53(37-39)45-17-11-13-19-47(45)61(49)62-48-20-14-12-18-46(48)54-38-40(22-26-50(54)62)44-28-30-52(66-64(44)68-76-70-66)56-34-36-60(74-56)58-32-24-42(72-58)16-10-8-6-4-2/h11-14,17-38H,3-10,15-16H2,1-2H3/b62-61+. The third kappa shape index (κ3) is 8.49. The average molecular weight is 1090 g/mol. The molecular weight excluding hydrogens is 1040 g/mol. The Hall–Kier alpha value is -6.50. The molecular formula is C66H52N4S6. The summed E-state index contributed by atoms with van der Waals surface area (Å²) >= 11 is 10.2. The summed E-state index contributed by atoms with van der Waals surface area (Å²) in [4.78, 5) is 10.8. The molecule has 4 nitrogen and oxygen atoms in total. The van der Waals surface area contributed by atoms with Crippen molar-refractivity contribution in [2.45, 2.75) is 78.1 Å². The molecule has 0 fully saturated rings. The number of nitrogens with zero attached hydrogens (tertiary/aromatic N) is 4. The van der Waals surface area contributed by atoms with Crippen LogP contribution in [0.25, 0.3) is 118 Å². The molecule has 2 aliphatic rings. The van der Waals surface area contributed by atoms with Gasteiger partial charge in [0.1, 0.15) is 22.1 Å². The van der Waals surface area contributed by atoms with Crippen LogP contribution in [0, 0.1) is 0 Å². The second-order valence-corrected chi connectivity index (χ2v) is 25.6. The van der Waals surface area contributed by atoms with Crippen molar-refractivity contribution in [3.63, 3.8) is 0 Å². The van der Waals surface area contributed by atoms with Crippen LogP contribution >= 0.6 is 68.8 Å². The minimum absolute atomic E-state index is 0.957. The molecule has 2 aliphatic carbocycles. The number of hydrogen-bond donors (Lipinski definition) is 0. The van der Waals surface area contributed by atoms with Crippen molar-refractivity contribution in [1.29, 1.82) is 0 Å². The zero-order chi connectivity index (χ0) is 50.7. The summed E-state index contributed by atoms with van der Waals surface area (Å²) in [5.74, 6) is 0. The molecule has 0 saturated carbocycles. The molecule has 0 amide bonds. The molecule has 0 bridgehead atoms. The van der Waals surface area contributed by atoms with E-state index in [9.17, 15) is 0 Å². The highest BCUT2D eigenvalue weighted by molar-refractivity contribution is 7.24. The molecule has 6 aromatic heterocycles. The fourth-order valence-corrected chi connectivity index (χ4v) is 17.1. The maximum absolute atomic E-state index is 4.96. The third-order valence-corrected chi connectivity index (χ3v) is 21.3. The number of hydrogen-bond acceptors (Lipinski definition) is 10. The Labute approximate surface area is 468 Å². The maximum atomic E-state index is 4.96. The van der Waals surface area contributed by atoms with E-state index in [0.717, 1.165) is 55.4 Å². The number of thiophene rings is 4. The van der Waals surface area contributed by atoms with Crippen molar-refractivity contribution < 1.29 is 0 Å². The van der Waals surface area contributed by atoms with Gasteiger partial charge in [-0.3, -0.25) is 0 Å². The van der Waals surface area contributed by atoms with Gasteiger partial charge in [0, 0.05) is 61.3 Å². The summed E-state index contributed by atoms with van der Waals surface area (Å²) < 4.78 is 19.8. The highest BCUT2D eigenvalue weighted by atomic mass is 32.1. The van der Waals surface area contributed by atoms with Crippen molar-refractivity contribution >= 4 is 102 Å². The Morgan fingerprint density at radius 3 is 1.09 bits per heavy atom. The van der Waals surface area contributed by atoms with Gasteiger partial charge >= 0.3 is 0 Å². The van der Waals surface area contributed by atoms with Crippen molar-refractivity contribution in [2.75, 3.05) is 0 Å². The predicted molar refractivity (Wildman–Crippen MR) is 331 cm³/mol. The molecule has 12 aromatic rings. The van der Waals surface area contributed by atoms with Crippen LogP contribution in [-0.2, 0) is 12.8 Å². The first kappa shape index (κ1) is 47.9. The van der Waals surface area contributed by atoms with Crippen molar-refractivity contribution in [2.24, 2.45) is 0 Å². The Kier molecular flexibility index (Phi) is 12.9. The molecule has 76 heavy (non-hydrogen) atoms. The highest BCUT2D eigenvalue weighted by Crippen LogP contribution is 2.56. The van der Waals surface area contributed by atoms with E-state index < -0.39 is 0 Å². The van der Waals surface area contributed by atoms with E-state index in [-0.39, 0.29) is 0 Å². The molecule has 6 aromatic carbocycles. The molecule has 0 saturated heterocycles. The Morgan fingerprint density at radius 2 is 0.645 bits per heavy atom. The van der Waals surface area contributed by atoms with Crippen LogP contribution < -0.4 is 0 Å². The lowest BCUT2D eigenvalue weighted by Crippen LogP contribution is -1.91. The molecule has 6 heterocycles. The smallest absolute Gasteiger partial charge is 0.114 e. The first-order valence-corrected chi connectivity index (χ1v) is 31.5. The summed E-state index contributed by atoms with van der Waals surface area (Å²) in [6.45, 7) is 4.55. The number of aryl methyl sites for hydroxylation is 2. The van der Waals surface area contributed by atoms with Gasteiger partial charge in [-0.2, -0.15) is 17.5 Å². The zero-order valence-corrected chi connectivity index (χ0v) is 47.2. The minimum Gasteiger partial charge on any atom is -0.172 e. The molecule has 0 aliphatic heterocycles. The second-order valence-electron chi connectivity index (χ2n) is 20.1. The summed E-state index contributed by atoms with van der Waals surface area (Å²) in [6.07, 6.45) is 12.7. The molecule has 0 N–H and O–H groups in total. The van der Waals surface area contributed by atoms with Gasteiger partial charge < -0.3 is 0 Å². The van der Waals surface area contributed by atoms with Gasteiger partial charge in [0.15, 0.2) is 0 Å². The quantitative estimate of drug-likeness (QED) is 0.0905. The van der Waals surface area contributed by atoms with E-state index in [4.69, 9.17) is 17.5 Å². The van der Waals surface area contributed by atoms with Crippen molar-refractivity contribution in [3.05, 3.63) is 190 Å². The topological polar surface area (TPSA) is 51.6 Å². The monoisotopic (exact) mass is 1090 g/mol. The normalized spacial score (nSPS) is 13.5. The lowest BCUT2D eigenvalue weighted by atomic mass is 9.90. The Balaban J connectivity index is 0.788. The van der Waals surface area contributed by atoms with Gasteiger partial charge in [-0.25, -0.2) is 0 Å². The van der Waals surface area contributed by atoms with Crippen LogP contribution in [-0.4, -0.2) is 17.5 Å². The fourth-order valence-electron chi connectivity index (χ4n) is 11.6. The van der Waals surface area contributed by atoms with Gasteiger partial charge in [0.2, 0.25) is 0 Å². The number of fused-ring (bicyclic) bond motifs is 8. The number of unbranched alkanes of at least 4 members (excludes halogenated alkanes) is 6. The molecule has 0 unspecified atom stereocenters. The molecule has 372 valence electrons. The first-order chi connectivity index (χ1) is 37.6. The Bertz CT molecular complexity index is 3920. The van der Waals surface area contributed by atoms with E-state index in [1.165, 1.54) is 182 Å². The van der Waals surface area contributed by atoms with Crippen molar-refractivity contribution in [3.8, 4) is 84.9 Å². The van der Waals surface area contributed by atoms with Gasteiger partial charge in [-0.15, -0.1) is 45.3 Å². The highest BCUT2D eigenvalue weighted by Gasteiger charge is 2.33. The molecule has 0 atom stereocenters. The fraction of sp³-hybridized carbons (Fsp3) is 0.182. The summed E-state index contributed by atoms with van der Waals surface area (Å²) in [5, 5.41) is 0. The second kappa shape index (κ2) is 20.5. The van der Waals surface area contributed by atoms with E-state index in [0.29, 0.717) is 0 Å². The number of benzene rings is 6. The van der Waals surface area contributed by atoms with Crippen LogP contribution in [0.5, 0.6) is 0 Å². The van der Waals surface area contributed by atoms with E-state index in [1.54, 1.807) is 0 Å². The van der Waals surface area contributed by atoms with Gasteiger partial charge in [0.25, 0.3) is 0 Å². The average Bonchev–Trinajstić information content (AvgIpc) is 4.34. The number of aromatic nitrogens is 4. The number of rotatable bonds is 16. The molecule has 0 spiro atoms. The molecule has 14 rings (SSSR count). The SMILES string of the molecule is CCCCCCc1ccc(-c2ccc(-c3ccc(-c4ccc5c(c4)-c4ccccc4/C5=C4/c5ccccc5-c5cc(-c6ccc(-c7ccc(-c8ccc(CCCCCC)s8)s7)c7nsnc67)ccc54)c4nsnc34)s2)s1. The maximum Gasteiger partial charge on any atom is 0.114 e. The van der Waals surface area contributed by atoms with Gasteiger partial charge in [0.05, 0.1) is 23.5 Å². The Morgan fingerprint density at radius 1 is 0.289 bits per heavy atom. The van der Waals surface area contributed by atoms with Crippen LogP contribution in [0.1, 0.15) is 97.2 Å². The van der Waals surface area contributed by atoms with E-state index in [2.05, 4.69) is 172 Å². The van der Waals surface area contributed by atoms with E-state index in [1.807, 2.05) is 45.3 Å². The van der Waals surface area contributed by atoms with Crippen molar-refractivity contribution in [1.82, 2.24) is 17.5 Å². The van der Waals surface area contributed by atoms with Crippen LogP contribution in [0.4, 0.5) is 0 Å². The molecule has 10 heteroatoms. The van der Waals surface area contributed by atoms with Crippen LogP contribution in [0.15, 0.2) is 158 Å².